The fourth-order valence-corrected chi connectivity index (χ4v) is 13.5. The maximum atomic E-state index is 13.1. The molecule has 0 aliphatic heterocycles. The van der Waals surface area contributed by atoms with E-state index in [1.54, 1.807) is 0 Å². The number of aliphatic hydroxyl groups excluding tert-OH is 1. The van der Waals surface area contributed by atoms with E-state index in [1.165, 1.54) is 193 Å². The topological polar surface area (TPSA) is 237 Å². The molecule has 0 heterocycles. The highest BCUT2D eigenvalue weighted by Gasteiger charge is 2.30. The average molecular weight is 1420 g/mol. The van der Waals surface area contributed by atoms with Crippen molar-refractivity contribution < 1.29 is 80.2 Å². The largest absolute Gasteiger partial charge is 0.472 e. The molecule has 0 amide bonds. The van der Waals surface area contributed by atoms with Gasteiger partial charge in [0.2, 0.25) is 0 Å². The molecule has 0 aliphatic rings. The third-order valence-electron chi connectivity index (χ3n) is 18.4. The van der Waals surface area contributed by atoms with E-state index in [0.29, 0.717) is 25.7 Å². The summed E-state index contributed by atoms with van der Waals surface area (Å²) in [5.41, 5.74) is 0. The van der Waals surface area contributed by atoms with E-state index in [4.69, 9.17) is 37.0 Å². The summed E-state index contributed by atoms with van der Waals surface area (Å²) in [5, 5.41) is 10.6. The fourth-order valence-electron chi connectivity index (χ4n) is 11.9. The monoisotopic (exact) mass is 1420 g/mol. The number of esters is 4. The molecule has 0 rings (SSSR count). The predicted molar refractivity (Wildman–Crippen MR) is 395 cm³/mol. The van der Waals surface area contributed by atoms with Crippen molar-refractivity contribution in [1.82, 2.24) is 0 Å². The molecule has 0 aromatic rings. The zero-order valence-electron chi connectivity index (χ0n) is 63.7. The molecule has 0 saturated carbocycles. The quantitative estimate of drug-likeness (QED) is 0.0222. The summed E-state index contributed by atoms with van der Waals surface area (Å²) in [7, 11) is -9.92. The summed E-state index contributed by atoms with van der Waals surface area (Å²) in [6.07, 6.45) is 52.8. The molecule has 0 spiro atoms. The molecule has 19 heteroatoms. The molecule has 3 unspecified atom stereocenters. The lowest BCUT2D eigenvalue weighted by molar-refractivity contribution is -0.161. The van der Waals surface area contributed by atoms with Crippen LogP contribution in [-0.2, 0) is 65.4 Å². The number of aliphatic hydroxyl groups is 1. The van der Waals surface area contributed by atoms with Crippen LogP contribution >= 0.6 is 15.6 Å². The maximum absolute atomic E-state index is 13.1. The van der Waals surface area contributed by atoms with Crippen molar-refractivity contribution in [2.24, 2.45) is 23.7 Å². The smallest absolute Gasteiger partial charge is 0.462 e. The fraction of sp³-hybridized carbons (Fsp3) is 0.949. The number of ether oxygens (including phenoxy) is 4. The van der Waals surface area contributed by atoms with Crippen LogP contribution in [0.3, 0.4) is 0 Å². The third-order valence-corrected chi connectivity index (χ3v) is 20.3. The number of rotatable bonds is 75. The minimum atomic E-state index is -4.96. The number of hydrogen-bond acceptors (Lipinski definition) is 15. The van der Waals surface area contributed by atoms with Gasteiger partial charge in [-0.1, -0.05) is 344 Å². The third kappa shape index (κ3) is 70.9. The molecule has 0 radical (unpaired) electrons. The average Bonchev–Trinajstić information content (AvgIpc) is 1.05. The van der Waals surface area contributed by atoms with Crippen molar-refractivity contribution in [3.63, 3.8) is 0 Å². The highest BCUT2D eigenvalue weighted by Crippen LogP contribution is 2.45. The van der Waals surface area contributed by atoms with Crippen LogP contribution in [0, 0.1) is 23.7 Å². The Morgan fingerprint density at radius 1 is 0.289 bits per heavy atom. The van der Waals surface area contributed by atoms with E-state index in [-0.39, 0.29) is 25.7 Å². The van der Waals surface area contributed by atoms with Gasteiger partial charge in [0.1, 0.15) is 19.3 Å². The number of hydrogen-bond donors (Lipinski definition) is 3. The molecule has 0 bridgehead atoms. The van der Waals surface area contributed by atoms with E-state index >= 15 is 0 Å². The van der Waals surface area contributed by atoms with E-state index in [2.05, 4.69) is 55.4 Å². The second-order valence-corrected chi connectivity index (χ2v) is 32.7. The number of carbonyl (C=O) groups is 4. The normalized spacial score (nSPS) is 14.4. The molecule has 0 aromatic heterocycles. The van der Waals surface area contributed by atoms with Gasteiger partial charge in [-0.05, 0) is 49.4 Å². The first-order valence-electron chi connectivity index (χ1n) is 40.2. The molecule has 0 saturated heterocycles. The Morgan fingerprint density at radius 3 is 0.732 bits per heavy atom. The Morgan fingerprint density at radius 2 is 0.495 bits per heavy atom. The van der Waals surface area contributed by atoms with Crippen LogP contribution in [0.2, 0.25) is 0 Å². The minimum absolute atomic E-state index is 0.106. The summed E-state index contributed by atoms with van der Waals surface area (Å²) in [6, 6.07) is 0. The van der Waals surface area contributed by atoms with Gasteiger partial charge in [0, 0.05) is 25.7 Å². The Hall–Kier alpha value is -1.94. The van der Waals surface area contributed by atoms with Crippen LogP contribution in [0.25, 0.3) is 0 Å². The number of unbranched alkanes of at least 4 members (excludes halogenated alkanes) is 40. The SMILES string of the molecule is CCC(C)CCCCCCCCC(=O)OC[C@H](COP(=O)(O)OC[C@H](O)COP(=O)(O)OC[C@@H](COC(=O)CCCCCCCCCCCCCCCCCCC(C)C)OC(=O)CCCCCCCCCCCCC(C)C)OC(=O)CCCCCCCCCCCCCCC(C)C. The number of phosphoric acid groups is 2. The molecular formula is C78H152O17P2. The van der Waals surface area contributed by atoms with Gasteiger partial charge in [0.15, 0.2) is 12.2 Å². The zero-order valence-corrected chi connectivity index (χ0v) is 65.5. The molecule has 3 N–H and O–H groups in total. The van der Waals surface area contributed by atoms with E-state index in [9.17, 15) is 43.2 Å². The van der Waals surface area contributed by atoms with Crippen LogP contribution in [0.1, 0.15) is 396 Å². The van der Waals surface area contributed by atoms with Gasteiger partial charge < -0.3 is 33.8 Å². The summed E-state index contributed by atoms with van der Waals surface area (Å²) in [5.74, 6) is 0.953. The number of carbonyl (C=O) groups excluding carboxylic acids is 4. The van der Waals surface area contributed by atoms with Gasteiger partial charge in [-0.3, -0.25) is 37.3 Å². The summed E-state index contributed by atoms with van der Waals surface area (Å²) in [4.78, 5) is 72.9. The molecular weight excluding hydrogens is 1270 g/mol. The van der Waals surface area contributed by atoms with Crippen molar-refractivity contribution in [1.29, 1.82) is 0 Å². The maximum Gasteiger partial charge on any atom is 0.472 e. The highest BCUT2D eigenvalue weighted by atomic mass is 31.2. The Kier molecular flexibility index (Phi) is 65.9. The van der Waals surface area contributed by atoms with E-state index < -0.39 is 97.5 Å². The van der Waals surface area contributed by atoms with Gasteiger partial charge >= 0.3 is 39.5 Å². The minimum Gasteiger partial charge on any atom is -0.462 e. The Labute approximate surface area is 594 Å². The first kappa shape index (κ1) is 95.1. The van der Waals surface area contributed by atoms with Crippen molar-refractivity contribution in [3.8, 4) is 0 Å². The molecule has 0 fully saturated rings. The highest BCUT2D eigenvalue weighted by molar-refractivity contribution is 7.47. The second kappa shape index (κ2) is 67.2. The van der Waals surface area contributed by atoms with Gasteiger partial charge in [0.25, 0.3) is 0 Å². The summed E-state index contributed by atoms with van der Waals surface area (Å²) < 4.78 is 68.6. The lowest BCUT2D eigenvalue weighted by Crippen LogP contribution is -2.30. The first-order chi connectivity index (χ1) is 46.6. The van der Waals surface area contributed by atoms with Gasteiger partial charge in [-0.2, -0.15) is 0 Å². The molecule has 0 aliphatic carbocycles. The Bertz CT molecular complexity index is 1900. The van der Waals surface area contributed by atoms with E-state index in [0.717, 1.165) is 120 Å². The van der Waals surface area contributed by atoms with Crippen molar-refractivity contribution in [3.05, 3.63) is 0 Å². The van der Waals surface area contributed by atoms with Crippen LogP contribution in [0.5, 0.6) is 0 Å². The molecule has 576 valence electrons. The van der Waals surface area contributed by atoms with Crippen molar-refractivity contribution >= 4 is 39.5 Å². The van der Waals surface area contributed by atoms with Crippen LogP contribution in [-0.4, -0.2) is 96.7 Å². The van der Waals surface area contributed by atoms with Gasteiger partial charge in [0.05, 0.1) is 26.4 Å². The molecule has 17 nitrogen and oxygen atoms in total. The standard InChI is InChI=1S/C78H152O17P2/c1-9-71(8)57-49-41-36-37-43-51-59-76(81)89-65-74(95-77(82)60-52-44-34-28-21-17-16-19-25-31-39-47-55-69(4)5)67-93-97(86,87)91-63-72(79)62-90-96(84,85)92-66-73(94-78(83)61-53-45-35-29-23-22-26-32-40-48-56-70(6)7)64-88-75(80)58-50-42-33-27-20-15-13-11-10-12-14-18-24-30-38-46-54-68(2)3/h68-74,79H,9-67H2,1-8H3,(H,84,85)(H,86,87)/t71?,72-,73-,74-/m1/s1. The second-order valence-electron chi connectivity index (χ2n) is 29.8. The van der Waals surface area contributed by atoms with Crippen LogP contribution in [0.4, 0.5) is 0 Å². The predicted octanol–water partition coefficient (Wildman–Crippen LogP) is 22.8. The molecule has 0 aromatic carbocycles. The molecule has 97 heavy (non-hydrogen) atoms. The Balaban J connectivity index is 5.22. The summed E-state index contributed by atoms with van der Waals surface area (Å²) in [6.45, 7) is 14.2. The van der Waals surface area contributed by atoms with Crippen LogP contribution < -0.4 is 0 Å². The van der Waals surface area contributed by atoms with Gasteiger partial charge in [-0.25, -0.2) is 9.13 Å². The molecule has 6 atom stereocenters. The lowest BCUT2D eigenvalue weighted by atomic mass is 10.00. The van der Waals surface area contributed by atoms with E-state index in [1.807, 2.05) is 0 Å². The summed E-state index contributed by atoms with van der Waals surface area (Å²) >= 11 is 0. The zero-order chi connectivity index (χ0) is 71.7. The van der Waals surface area contributed by atoms with Crippen LogP contribution in [0.15, 0.2) is 0 Å². The number of phosphoric ester groups is 2. The van der Waals surface area contributed by atoms with Crippen molar-refractivity contribution in [2.75, 3.05) is 39.6 Å². The lowest BCUT2D eigenvalue weighted by Gasteiger charge is -2.21. The van der Waals surface area contributed by atoms with Crippen molar-refractivity contribution in [2.45, 2.75) is 414 Å². The van der Waals surface area contributed by atoms with Gasteiger partial charge in [-0.15, -0.1) is 0 Å². The first-order valence-corrected chi connectivity index (χ1v) is 43.2.